The van der Waals surface area contributed by atoms with Crippen molar-refractivity contribution in [2.24, 2.45) is 12.8 Å². The van der Waals surface area contributed by atoms with Crippen molar-refractivity contribution < 1.29 is 13.2 Å². The molecule has 0 fully saturated rings. The van der Waals surface area contributed by atoms with Crippen LogP contribution in [-0.2, 0) is 7.05 Å². The van der Waals surface area contributed by atoms with Gasteiger partial charge in [-0.2, -0.15) is 18.3 Å². The Bertz CT molecular complexity index is 302. The Balaban J connectivity index is 3.01. The van der Waals surface area contributed by atoms with Gasteiger partial charge in [0.05, 0.1) is 5.69 Å². The number of hydrogen-bond acceptors (Lipinski definition) is 2. The Labute approximate surface area is 73.3 Å². The van der Waals surface area contributed by atoms with Gasteiger partial charge in [-0.3, -0.25) is 4.68 Å². The van der Waals surface area contributed by atoms with Gasteiger partial charge in [-0.1, -0.05) is 0 Å². The Morgan fingerprint density at radius 2 is 2.08 bits per heavy atom. The van der Waals surface area contributed by atoms with Gasteiger partial charge in [0.2, 0.25) is 0 Å². The third-order valence-electron chi connectivity index (χ3n) is 1.70. The van der Waals surface area contributed by atoms with E-state index in [2.05, 4.69) is 5.10 Å². The van der Waals surface area contributed by atoms with Crippen LogP contribution >= 0.6 is 0 Å². The first-order chi connectivity index (χ1) is 5.82. The summed E-state index contributed by atoms with van der Waals surface area (Å²) in [6.07, 6.45) is -2.93. The van der Waals surface area contributed by atoms with Gasteiger partial charge < -0.3 is 5.73 Å². The van der Waals surface area contributed by atoms with E-state index in [0.717, 1.165) is 0 Å². The van der Waals surface area contributed by atoms with E-state index in [1.807, 2.05) is 0 Å². The highest BCUT2D eigenvalue weighted by atomic mass is 19.4. The van der Waals surface area contributed by atoms with Crippen LogP contribution in [0.15, 0.2) is 6.20 Å². The van der Waals surface area contributed by atoms with Crippen molar-refractivity contribution in [2.45, 2.75) is 19.1 Å². The monoisotopic (exact) mass is 193 g/mol. The Morgan fingerprint density at radius 1 is 1.54 bits per heavy atom. The van der Waals surface area contributed by atoms with Gasteiger partial charge in [0.25, 0.3) is 0 Å². The molecule has 13 heavy (non-hydrogen) atoms. The zero-order valence-corrected chi connectivity index (χ0v) is 7.26. The second-order valence-electron chi connectivity index (χ2n) is 2.89. The number of aryl methyl sites for hydroxylation is 2. The molecule has 1 atom stereocenters. The molecule has 1 aromatic heterocycles. The average molecular weight is 193 g/mol. The van der Waals surface area contributed by atoms with Crippen LogP contribution in [0.2, 0.25) is 0 Å². The SMILES string of the molecule is Cc1cn(C)nc1C(N)C(F)(F)F. The van der Waals surface area contributed by atoms with Gasteiger partial charge in [-0.05, 0) is 12.5 Å². The average Bonchev–Trinajstić information content (AvgIpc) is 2.26. The molecule has 0 aliphatic carbocycles. The highest BCUT2D eigenvalue weighted by molar-refractivity contribution is 5.19. The van der Waals surface area contributed by atoms with Crippen LogP contribution in [0, 0.1) is 6.92 Å². The van der Waals surface area contributed by atoms with Gasteiger partial charge in [-0.25, -0.2) is 0 Å². The predicted octanol–water partition coefficient (Wildman–Crippen LogP) is 1.29. The molecular weight excluding hydrogens is 183 g/mol. The van der Waals surface area contributed by atoms with Crippen molar-refractivity contribution in [3.63, 3.8) is 0 Å². The molecule has 0 aliphatic rings. The second kappa shape index (κ2) is 3.02. The van der Waals surface area contributed by atoms with E-state index in [9.17, 15) is 13.2 Å². The first-order valence-electron chi connectivity index (χ1n) is 3.65. The minimum Gasteiger partial charge on any atom is -0.315 e. The minimum atomic E-state index is -4.43. The maximum absolute atomic E-state index is 12.1. The summed E-state index contributed by atoms with van der Waals surface area (Å²) in [7, 11) is 1.56. The number of rotatable bonds is 1. The van der Waals surface area contributed by atoms with Crippen molar-refractivity contribution in [1.82, 2.24) is 9.78 Å². The highest BCUT2D eigenvalue weighted by Gasteiger charge is 2.40. The molecule has 0 bridgehead atoms. The minimum absolute atomic E-state index is 0.116. The molecule has 0 saturated heterocycles. The number of aromatic nitrogens is 2. The van der Waals surface area contributed by atoms with Crippen LogP contribution in [0.4, 0.5) is 13.2 Å². The number of alkyl halides is 3. The van der Waals surface area contributed by atoms with E-state index in [1.54, 1.807) is 14.0 Å². The number of hydrogen-bond donors (Lipinski definition) is 1. The molecule has 0 saturated carbocycles. The lowest BCUT2D eigenvalue weighted by atomic mass is 10.1. The van der Waals surface area contributed by atoms with Crippen LogP contribution in [0.25, 0.3) is 0 Å². The van der Waals surface area contributed by atoms with E-state index in [0.29, 0.717) is 5.56 Å². The van der Waals surface area contributed by atoms with E-state index in [4.69, 9.17) is 5.73 Å². The molecule has 2 N–H and O–H groups in total. The van der Waals surface area contributed by atoms with E-state index in [-0.39, 0.29) is 5.69 Å². The van der Waals surface area contributed by atoms with E-state index >= 15 is 0 Å². The lowest BCUT2D eigenvalue weighted by molar-refractivity contribution is -0.150. The molecule has 1 unspecified atom stereocenters. The molecule has 0 radical (unpaired) electrons. The molecule has 1 aromatic rings. The van der Waals surface area contributed by atoms with Crippen LogP contribution in [0.1, 0.15) is 17.3 Å². The van der Waals surface area contributed by atoms with Crippen molar-refractivity contribution in [3.05, 3.63) is 17.5 Å². The zero-order valence-electron chi connectivity index (χ0n) is 7.26. The summed E-state index contributed by atoms with van der Waals surface area (Å²) < 4.78 is 37.8. The number of nitrogens with two attached hydrogens (primary N) is 1. The number of nitrogens with zero attached hydrogens (tertiary/aromatic N) is 2. The molecule has 1 rings (SSSR count). The first kappa shape index (κ1) is 10.0. The predicted molar refractivity (Wildman–Crippen MR) is 40.9 cm³/mol. The molecule has 0 spiro atoms. The number of halogens is 3. The Hall–Kier alpha value is -1.04. The summed E-state index contributed by atoms with van der Waals surface area (Å²) in [5.74, 6) is 0. The highest BCUT2D eigenvalue weighted by Crippen LogP contribution is 2.30. The second-order valence-corrected chi connectivity index (χ2v) is 2.89. The zero-order chi connectivity index (χ0) is 10.2. The van der Waals surface area contributed by atoms with Crippen molar-refractivity contribution in [3.8, 4) is 0 Å². The quantitative estimate of drug-likeness (QED) is 0.730. The fourth-order valence-corrected chi connectivity index (χ4v) is 1.09. The van der Waals surface area contributed by atoms with Gasteiger partial charge in [-0.15, -0.1) is 0 Å². The Morgan fingerprint density at radius 3 is 2.38 bits per heavy atom. The summed E-state index contributed by atoms with van der Waals surface area (Å²) in [5, 5.41) is 3.65. The third kappa shape index (κ3) is 2.00. The molecular formula is C7H10F3N3. The van der Waals surface area contributed by atoms with Crippen LogP contribution < -0.4 is 5.73 Å². The molecule has 6 heteroatoms. The van der Waals surface area contributed by atoms with E-state index < -0.39 is 12.2 Å². The lowest BCUT2D eigenvalue weighted by Gasteiger charge is -2.13. The van der Waals surface area contributed by atoms with Crippen molar-refractivity contribution in [2.75, 3.05) is 0 Å². The summed E-state index contributed by atoms with van der Waals surface area (Å²) in [6, 6.07) is -1.99. The van der Waals surface area contributed by atoms with E-state index in [1.165, 1.54) is 10.9 Å². The van der Waals surface area contributed by atoms with Crippen LogP contribution in [-0.4, -0.2) is 16.0 Å². The Kier molecular flexibility index (Phi) is 2.34. The largest absolute Gasteiger partial charge is 0.409 e. The molecule has 3 nitrogen and oxygen atoms in total. The molecule has 0 aromatic carbocycles. The summed E-state index contributed by atoms with van der Waals surface area (Å²) in [5.41, 5.74) is 5.32. The molecule has 1 heterocycles. The maximum atomic E-state index is 12.1. The molecule has 0 amide bonds. The van der Waals surface area contributed by atoms with Crippen molar-refractivity contribution >= 4 is 0 Å². The van der Waals surface area contributed by atoms with Gasteiger partial charge in [0.1, 0.15) is 6.04 Å². The topological polar surface area (TPSA) is 43.8 Å². The fraction of sp³-hybridized carbons (Fsp3) is 0.571. The van der Waals surface area contributed by atoms with Crippen molar-refractivity contribution in [1.29, 1.82) is 0 Å². The maximum Gasteiger partial charge on any atom is 0.409 e. The summed E-state index contributed by atoms with van der Waals surface area (Å²) >= 11 is 0. The smallest absolute Gasteiger partial charge is 0.315 e. The van der Waals surface area contributed by atoms with Crippen LogP contribution in [0.5, 0.6) is 0 Å². The first-order valence-corrected chi connectivity index (χ1v) is 3.65. The third-order valence-corrected chi connectivity index (χ3v) is 1.70. The lowest BCUT2D eigenvalue weighted by Crippen LogP contribution is -2.29. The van der Waals surface area contributed by atoms with Gasteiger partial charge >= 0.3 is 6.18 Å². The molecule has 0 aliphatic heterocycles. The standard InChI is InChI=1S/C7H10F3N3/c1-4-3-13(2)12-5(4)6(11)7(8,9)10/h3,6H,11H2,1-2H3. The van der Waals surface area contributed by atoms with Gasteiger partial charge in [0.15, 0.2) is 0 Å². The molecule has 74 valence electrons. The fourth-order valence-electron chi connectivity index (χ4n) is 1.09. The summed E-state index contributed by atoms with van der Waals surface area (Å²) in [4.78, 5) is 0. The van der Waals surface area contributed by atoms with Gasteiger partial charge in [0, 0.05) is 13.2 Å². The normalized spacial score (nSPS) is 14.6. The summed E-state index contributed by atoms with van der Waals surface area (Å²) in [6.45, 7) is 1.55. The van der Waals surface area contributed by atoms with Crippen LogP contribution in [0.3, 0.4) is 0 Å².